The van der Waals surface area contributed by atoms with Crippen LogP contribution in [0.1, 0.15) is 12.8 Å². The Morgan fingerprint density at radius 1 is 1.41 bits per heavy atom. The van der Waals surface area contributed by atoms with E-state index in [9.17, 15) is 4.79 Å². The highest BCUT2D eigenvalue weighted by Crippen LogP contribution is 2.20. The van der Waals surface area contributed by atoms with Crippen molar-refractivity contribution >= 4 is 30.8 Å². The molecule has 2 aliphatic rings. The van der Waals surface area contributed by atoms with Crippen LogP contribution in [0.25, 0.3) is 0 Å². The van der Waals surface area contributed by atoms with Crippen molar-refractivity contribution in [1.29, 1.82) is 0 Å². The Labute approximate surface area is 115 Å². The molecule has 0 saturated carbocycles. The summed E-state index contributed by atoms with van der Waals surface area (Å²) in [6.07, 6.45) is 2.62. The maximum Gasteiger partial charge on any atom is 0.311 e. The van der Waals surface area contributed by atoms with Crippen molar-refractivity contribution < 1.29 is 9.53 Å². The molecule has 4 nitrogen and oxygen atoms in total. The van der Waals surface area contributed by atoms with Gasteiger partial charge in [-0.2, -0.15) is 0 Å². The number of halogens is 2. The minimum absolute atomic E-state index is 0. The topological polar surface area (TPSA) is 41.6 Å². The van der Waals surface area contributed by atoms with Crippen molar-refractivity contribution in [2.45, 2.75) is 12.8 Å². The Kier molecular flexibility index (Phi) is 8.12. The van der Waals surface area contributed by atoms with Gasteiger partial charge >= 0.3 is 5.97 Å². The molecular formula is C11H22Cl2N2O2. The van der Waals surface area contributed by atoms with Crippen molar-refractivity contribution in [1.82, 2.24) is 10.2 Å². The van der Waals surface area contributed by atoms with E-state index in [1.54, 1.807) is 0 Å². The number of esters is 1. The molecule has 17 heavy (non-hydrogen) atoms. The maximum atomic E-state index is 11.2. The van der Waals surface area contributed by atoms with Crippen LogP contribution in [0, 0.1) is 11.8 Å². The Morgan fingerprint density at radius 2 is 2.12 bits per heavy atom. The van der Waals surface area contributed by atoms with Gasteiger partial charge in [0.15, 0.2) is 0 Å². The zero-order chi connectivity index (χ0) is 10.7. The molecule has 2 fully saturated rings. The molecule has 102 valence electrons. The van der Waals surface area contributed by atoms with E-state index in [-0.39, 0.29) is 36.7 Å². The highest BCUT2D eigenvalue weighted by molar-refractivity contribution is 5.85. The Bertz CT molecular complexity index is 230. The summed E-state index contributed by atoms with van der Waals surface area (Å²) < 4.78 is 4.71. The summed E-state index contributed by atoms with van der Waals surface area (Å²) in [4.78, 5) is 13.5. The molecule has 0 amide bonds. The summed E-state index contributed by atoms with van der Waals surface area (Å²) in [5, 5.41) is 3.42. The Hall–Kier alpha value is -0.0300. The number of rotatable bonds is 3. The second kappa shape index (κ2) is 8.14. The van der Waals surface area contributed by atoms with Gasteiger partial charge in [0.1, 0.15) is 0 Å². The average molecular weight is 285 g/mol. The molecular weight excluding hydrogens is 263 g/mol. The van der Waals surface area contributed by atoms with E-state index in [2.05, 4.69) is 10.2 Å². The van der Waals surface area contributed by atoms with Gasteiger partial charge in [0.25, 0.3) is 0 Å². The van der Waals surface area contributed by atoms with E-state index in [0.717, 1.165) is 32.1 Å². The van der Waals surface area contributed by atoms with Gasteiger partial charge in [-0.05, 0) is 31.8 Å². The third-order valence-corrected chi connectivity index (χ3v) is 3.41. The quantitative estimate of drug-likeness (QED) is 0.783. The molecule has 2 heterocycles. The van der Waals surface area contributed by atoms with Crippen molar-refractivity contribution in [2.24, 2.45) is 11.8 Å². The van der Waals surface area contributed by atoms with Gasteiger partial charge in [0.2, 0.25) is 0 Å². The average Bonchev–Trinajstić information content (AvgIpc) is 2.23. The molecule has 1 unspecified atom stereocenters. The first kappa shape index (κ1) is 17.0. The molecule has 1 N–H and O–H groups in total. The first-order valence-corrected chi connectivity index (χ1v) is 5.80. The SMILES string of the molecule is COC(=O)C1CN(CC2CCCNC2)C1.Cl.Cl. The molecule has 6 heteroatoms. The number of carbonyl (C=O) groups excluding carboxylic acids is 1. The highest BCUT2D eigenvalue weighted by Gasteiger charge is 2.34. The fourth-order valence-corrected chi connectivity index (χ4v) is 2.48. The van der Waals surface area contributed by atoms with Gasteiger partial charge in [0, 0.05) is 19.6 Å². The molecule has 2 saturated heterocycles. The van der Waals surface area contributed by atoms with Crippen LogP contribution in [0.3, 0.4) is 0 Å². The van der Waals surface area contributed by atoms with E-state index < -0.39 is 0 Å². The number of methoxy groups -OCH3 is 1. The lowest BCUT2D eigenvalue weighted by atomic mass is 9.94. The van der Waals surface area contributed by atoms with Crippen LogP contribution in [0.4, 0.5) is 0 Å². The predicted octanol–water partition coefficient (Wildman–Crippen LogP) is 0.934. The van der Waals surface area contributed by atoms with Gasteiger partial charge in [-0.25, -0.2) is 0 Å². The van der Waals surface area contributed by atoms with E-state index in [1.165, 1.54) is 26.5 Å². The normalized spacial score (nSPS) is 25.1. The summed E-state index contributed by atoms with van der Waals surface area (Å²) in [5.74, 6) is 0.858. The van der Waals surface area contributed by atoms with Crippen LogP contribution in [0.5, 0.6) is 0 Å². The van der Waals surface area contributed by atoms with Gasteiger partial charge in [-0.3, -0.25) is 4.79 Å². The standard InChI is InChI=1S/C11H20N2O2.2ClH/c1-15-11(14)10-7-13(8-10)6-9-3-2-4-12-5-9;;/h9-10,12H,2-8H2,1H3;2*1H. The fourth-order valence-electron chi connectivity index (χ4n) is 2.48. The zero-order valence-corrected chi connectivity index (χ0v) is 11.8. The number of piperidine rings is 1. The monoisotopic (exact) mass is 284 g/mol. The summed E-state index contributed by atoms with van der Waals surface area (Å²) in [7, 11) is 1.47. The van der Waals surface area contributed by atoms with Gasteiger partial charge in [-0.15, -0.1) is 24.8 Å². The number of nitrogens with one attached hydrogen (secondary N) is 1. The molecule has 0 aromatic rings. The molecule has 2 rings (SSSR count). The zero-order valence-electron chi connectivity index (χ0n) is 10.2. The summed E-state index contributed by atoms with van der Waals surface area (Å²) >= 11 is 0. The van der Waals surface area contributed by atoms with Crippen molar-refractivity contribution in [3.63, 3.8) is 0 Å². The third-order valence-electron chi connectivity index (χ3n) is 3.41. The van der Waals surface area contributed by atoms with Gasteiger partial charge < -0.3 is 15.0 Å². The second-order valence-corrected chi connectivity index (χ2v) is 4.65. The van der Waals surface area contributed by atoms with Crippen molar-refractivity contribution in [3.8, 4) is 0 Å². The number of nitrogens with zero attached hydrogens (tertiary/aromatic N) is 1. The van der Waals surface area contributed by atoms with Crippen molar-refractivity contribution in [3.05, 3.63) is 0 Å². The molecule has 0 aromatic heterocycles. The van der Waals surface area contributed by atoms with E-state index >= 15 is 0 Å². The molecule has 0 bridgehead atoms. The summed E-state index contributed by atoms with van der Waals surface area (Å²) in [6.45, 7) is 5.23. The van der Waals surface area contributed by atoms with E-state index in [4.69, 9.17) is 4.74 Å². The molecule has 0 aromatic carbocycles. The maximum absolute atomic E-state index is 11.2. The van der Waals surface area contributed by atoms with Crippen LogP contribution in [-0.2, 0) is 9.53 Å². The van der Waals surface area contributed by atoms with Crippen LogP contribution in [0.2, 0.25) is 0 Å². The summed E-state index contributed by atoms with van der Waals surface area (Å²) in [5.41, 5.74) is 0. The smallest absolute Gasteiger partial charge is 0.311 e. The largest absolute Gasteiger partial charge is 0.469 e. The van der Waals surface area contributed by atoms with Gasteiger partial charge in [0.05, 0.1) is 13.0 Å². The fraction of sp³-hybridized carbons (Fsp3) is 0.909. The lowest BCUT2D eigenvalue weighted by Gasteiger charge is -2.40. The molecule has 0 spiro atoms. The molecule has 1 atom stereocenters. The van der Waals surface area contributed by atoms with E-state index in [1.807, 2.05) is 0 Å². The van der Waals surface area contributed by atoms with Crippen LogP contribution in [0.15, 0.2) is 0 Å². The molecule has 2 aliphatic heterocycles. The van der Waals surface area contributed by atoms with Crippen LogP contribution in [-0.4, -0.2) is 50.7 Å². The van der Waals surface area contributed by atoms with Crippen LogP contribution < -0.4 is 5.32 Å². The number of likely N-dealkylation sites (tertiary alicyclic amines) is 1. The van der Waals surface area contributed by atoms with Gasteiger partial charge in [-0.1, -0.05) is 0 Å². The summed E-state index contributed by atoms with van der Waals surface area (Å²) in [6, 6.07) is 0. The lowest BCUT2D eigenvalue weighted by Crippen LogP contribution is -2.53. The third kappa shape index (κ3) is 4.62. The predicted molar refractivity (Wildman–Crippen MR) is 72.0 cm³/mol. The number of ether oxygens (including phenoxy) is 1. The van der Waals surface area contributed by atoms with E-state index in [0.29, 0.717) is 0 Å². The number of carbonyl (C=O) groups is 1. The number of hydrogen-bond donors (Lipinski definition) is 1. The molecule has 0 radical (unpaired) electrons. The first-order chi connectivity index (χ1) is 7.29. The first-order valence-electron chi connectivity index (χ1n) is 5.80. The lowest BCUT2D eigenvalue weighted by molar-refractivity contribution is -0.151. The second-order valence-electron chi connectivity index (χ2n) is 4.65. The van der Waals surface area contributed by atoms with Crippen LogP contribution >= 0.6 is 24.8 Å². The highest BCUT2D eigenvalue weighted by atomic mass is 35.5. The minimum Gasteiger partial charge on any atom is -0.469 e. The Morgan fingerprint density at radius 3 is 2.65 bits per heavy atom. The van der Waals surface area contributed by atoms with Crippen molar-refractivity contribution in [2.75, 3.05) is 39.8 Å². The molecule has 0 aliphatic carbocycles. The Balaban J connectivity index is 0.00000128. The number of hydrogen-bond acceptors (Lipinski definition) is 4. The minimum atomic E-state index is -0.0481.